The number of sulfonamides is 1. The lowest BCUT2D eigenvalue weighted by Crippen LogP contribution is -2.44. The lowest BCUT2D eigenvalue weighted by Gasteiger charge is -2.32. The molecule has 1 aromatic carbocycles. The van der Waals surface area contributed by atoms with Gasteiger partial charge in [0.05, 0.1) is 12.8 Å². The van der Waals surface area contributed by atoms with Crippen LogP contribution in [0.1, 0.15) is 36.8 Å². The van der Waals surface area contributed by atoms with Gasteiger partial charge < -0.3 is 4.74 Å². The molecule has 0 spiro atoms. The first-order valence-corrected chi connectivity index (χ1v) is 14.9. The normalized spacial score (nSPS) is 18.0. The Morgan fingerprint density at radius 2 is 1.49 bits per heavy atom. The SMILES string of the molecule is [C-]#[N+]c1ccc(CN2CCC(Oc3ccc(S(=O)(=O)NC4CCN(Cc5ccncc5)CC4)cn3)CC2)cc1. The van der Waals surface area contributed by atoms with Crippen molar-refractivity contribution in [1.82, 2.24) is 24.5 Å². The van der Waals surface area contributed by atoms with Crippen LogP contribution in [0.3, 0.4) is 0 Å². The third-order valence-corrected chi connectivity index (χ3v) is 8.88. The van der Waals surface area contributed by atoms with Gasteiger partial charge in [-0.2, -0.15) is 0 Å². The van der Waals surface area contributed by atoms with Crippen LogP contribution in [0.2, 0.25) is 0 Å². The number of rotatable bonds is 9. The summed E-state index contributed by atoms with van der Waals surface area (Å²) in [5, 5.41) is 0. The summed E-state index contributed by atoms with van der Waals surface area (Å²) < 4.78 is 34.9. The molecular formula is C29H34N6O3S. The molecule has 0 saturated carbocycles. The largest absolute Gasteiger partial charge is 0.474 e. The smallest absolute Gasteiger partial charge is 0.242 e. The van der Waals surface area contributed by atoms with Gasteiger partial charge in [-0.1, -0.05) is 24.3 Å². The number of pyridine rings is 2. The Bertz CT molecular complexity index is 1340. The second-order valence-corrected chi connectivity index (χ2v) is 11.9. The van der Waals surface area contributed by atoms with Crippen LogP contribution in [0.4, 0.5) is 5.69 Å². The molecule has 0 unspecified atom stereocenters. The molecule has 0 radical (unpaired) electrons. The second-order valence-electron chi connectivity index (χ2n) is 10.2. The Balaban J connectivity index is 1.06. The molecule has 2 aromatic heterocycles. The molecule has 2 aliphatic rings. The standard InChI is InChI=1S/C29H34N6O3S/c1-30-25-4-2-23(3-5-25)21-35-18-12-27(13-19-35)38-29-7-6-28(20-32-29)39(36,37)33-26-10-16-34(17-11-26)22-24-8-14-31-15-9-24/h2-9,14-15,20,26-27,33H,10-13,16-19,21-22H2. The molecule has 1 N–H and O–H groups in total. The van der Waals surface area contributed by atoms with E-state index in [0.717, 1.165) is 65.0 Å². The summed E-state index contributed by atoms with van der Waals surface area (Å²) in [6.07, 6.45) is 8.32. The van der Waals surface area contributed by atoms with Crippen molar-refractivity contribution < 1.29 is 13.2 Å². The van der Waals surface area contributed by atoms with Gasteiger partial charge in [-0.05, 0) is 55.0 Å². The Labute approximate surface area is 230 Å². The van der Waals surface area contributed by atoms with Crippen molar-refractivity contribution in [3.05, 3.63) is 89.7 Å². The maximum Gasteiger partial charge on any atom is 0.242 e. The Kier molecular flexibility index (Phi) is 8.84. The summed E-state index contributed by atoms with van der Waals surface area (Å²) in [5.41, 5.74) is 3.07. The third-order valence-electron chi connectivity index (χ3n) is 7.38. The first-order chi connectivity index (χ1) is 19.0. The van der Waals surface area contributed by atoms with E-state index in [0.29, 0.717) is 11.6 Å². The quantitative estimate of drug-likeness (QED) is 0.406. The number of ether oxygens (including phenoxy) is 1. The van der Waals surface area contributed by atoms with Crippen LogP contribution in [-0.2, 0) is 23.1 Å². The molecule has 0 bridgehead atoms. The number of likely N-dealkylation sites (tertiary alicyclic amines) is 2. The Morgan fingerprint density at radius 1 is 0.872 bits per heavy atom. The minimum Gasteiger partial charge on any atom is -0.474 e. The molecule has 2 fully saturated rings. The third kappa shape index (κ3) is 7.61. The summed E-state index contributed by atoms with van der Waals surface area (Å²) in [7, 11) is -3.65. The predicted molar refractivity (Wildman–Crippen MR) is 149 cm³/mol. The predicted octanol–water partition coefficient (Wildman–Crippen LogP) is 4.01. The highest BCUT2D eigenvalue weighted by molar-refractivity contribution is 7.89. The van der Waals surface area contributed by atoms with Gasteiger partial charge in [0.2, 0.25) is 15.9 Å². The molecule has 0 atom stereocenters. The number of hydrogen-bond acceptors (Lipinski definition) is 7. The van der Waals surface area contributed by atoms with E-state index >= 15 is 0 Å². The average molecular weight is 547 g/mol. The van der Waals surface area contributed by atoms with Crippen molar-refractivity contribution >= 4 is 15.7 Å². The van der Waals surface area contributed by atoms with E-state index in [9.17, 15) is 8.42 Å². The molecule has 0 amide bonds. The van der Waals surface area contributed by atoms with E-state index in [1.165, 1.54) is 17.3 Å². The van der Waals surface area contributed by atoms with E-state index in [1.807, 2.05) is 36.4 Å². The number of benzene rings is 1. The molecule has 0 aliphatic carbocycles. The van der Waals surface area contributed by atoms with E-state index in [-0.39, 0.29) is 17.0 Å². The summed E-state index contributed by atoms with van der Waals surface area (Å²) in [6.45, 7) is 12.3. The van der Waals surface area contributed by atoms with Crippen molar-refractivity contribution in [1.29, 1.82) is 0 Å². The number of hydrogen-bond donors (Lipinski definition) is 1. The van der Waals surface area contributed by atoms with Crippen molar-refractivity contribution in [2.75, 3.05) is 26.2 Å². The van der Waals surface area contributed by atoms with Gasteiger partial charge in [-0.25, -0.2) is 23.0 Å². The average Bonchev–Trinajstić information content (AvgIpc) is 2.96. The fourth-order valence-corrected chi connectivity index (χ4v) is 6.38. The number of nitrogens with one attached hydrogen (secondary N) is 1. The first kappa shape index (κ1) is 27.2. The summed E-state index contributed by atoms with van der Waals surface area (Å²) in [4.78, 5) is 16.7. The van der Waals surface area contributed by atoms with Crippen molar-refractivity contribution in [2.45, 2.75) is 55.8 Å². The lowest BCUT2D eigenvalue weighted by molar-refractivity contribution is 0.0931. The van der Waals surface area contributed by atoms with Gasteiger partial charge in [-0.15, -0.1) is 0 Å². The summed E-state index contributed by atoms with van der Waals surface area (Å²) in [6, 6.07) is 14.9. The van der Waals surface area contributed by atoms with Gasteiger partial charge in [0.25, 0.3) is 0 Å². The van der Waals surface area contributed by atoms with Crippen LogP contribution in [0.25, 0.3) is 4.85 Å². The molecule has 3 aromatic rings. The molecule has 4 heterocycles. The fourth-order valence-electron chi connectivity index (χ4n) is 5.13. The zero-order valence-electron chi connectivity index (χ0n) is 21.9. The molecule has 10 heteroatoms. The van der Waals surface area contributed by atoms with Crippen LogP contribution in [0, 0.1) is 6.57 Å². The fraction of sp³-hybridized carbons (Fsp3) is 0.414. The maximum absolute atomic E-state index is 13.0. The zero-order valence-corrected chi connectivity index (χ0v) is 22.8. The van der Waals surface area contributed by atoms with Crippen LogP contribution in [0.15, 0.2) is 72.0 Å². The molecule has 204 valence electrons. The van der Waals surface area contributed by atoms with Gasteiger partial charge in [0.1, 0.15) is 11.0 Å². The summed E-state index contributed by atoms with van der Waals surface area (Å²) in [5.74, 6) is 0.451. The van der Waals surface area contributed by atoms with Gasteiger partial charge in [-0.3, -0.25) is 14.8 Å². The minimum absolute atomic E-state index is 0.0520. The Morgan fingerprint density at radius 3 is 2.08 bits per heavy atom. The van der Waals surface area contributed by atoms with Gasteiger partial charge in [0.15, 0.2) is 5.69 Å². The lowest BCUT2D eigenvalue weighted by atomic mass is 10.1. The van der Waals surface area contributed by atoms with E-state index < -0.39 is 10.0 Å². The highest BCUT2D eigenvalue weighted by Crippen LogP contribution is 2.22. The van der Waals surface area contributed by atoms with Gasteiger partial charge >= 0.3 is 0 Å². The minimum atomic E-state index is -3.65. The van der Waals surface area contributed by atoms with E-state index in [1.54, 1.807) is 24.5 Å². The number of piperidine rings is 2. The molecule has 39 heavy (non-hydrogen) atoms. The molecule has 5 rings (SSSR count). The van der Waals surface area contributed by atoms with Crippen molar-refractivity contribution in [3.63, 3.8) is 0 Å². The molecular weight excluding hydrogens is 512 g/mol. The van der Waals surface area contributed by atoms with E-state index in [2.05, 4.69) is 29.3 Å². The zero-order chi connectivity index (χ0) is 27.1. The molecule has 9 nitrogen and oxygen atoms in total. The maximum atomic E-state index is 13.0. The first-order valence-electron chi connectivity index (χ1n) is 13.4. The second kappa shape index (κ2) is 12.7. The van der Waals surface area contributed by atoms with Crippen LogP contribution < -0.4 is 9.46 Å². The van der Waals surface area contributed by atoms with E-state index in [4.69, 9.17) is 11.3 Å². The summed E-state index contributed by atoms with van der Waals surface area (Å²) >= 11 is 0. The van der Waals surface area contributed by atoms with Crippen LogP contribution >= 0.6 is 0 Å². The topological polar surface area (TPSA) is 92.0 Å². The monoisotopic (exact) mass is 546 g/mol. The highest BCUT2D eigenvalue weighted by atomic mass is 32.2. The Hall–Kier alpha value is -3.36. The number of aromatic nitrogens is 2. The molecule has 2 saturated heterocycles. The van der Waals surface area contributed by atoms with Gasteiger partial charge in [0, 0.05) is 63.8 Å². The van der Waals surface area contributed by atoms with Crippen molar-refractivity contribution in [3.8, 4) is 5.88 Å². The molecule has 2 aliphatic heterocycles. The van der Waals surface area contributed by atoms with Crippen molar-refractivity contribution in [2.24, 2.45) is 0 Å². The van der Waals surface area contributed by atoms with Crippen LogP contribution in [0.5, 0.6) is 5.88 Å². The van der Waals surface area contributed by atoms with Crippen LogP contribution in [-0.4, -0.2) is 66.5 Å². The highest BCUT2D eigenvalue weighted by Gasteiger charge is 2.26. The number of nitrogens with zero attached hydrogens (tertiary/aromatic N) is 5.